The van der Waals surface area contributed by atoms with Gasteiger partial charge in [0.15, 0.2) is 0 Å². The van der Waals surface area contributed by atoms with Crippen LogP contribution in [0.2, 0.25) is 0 Å². The van der Waals surface area contributed by atoms with Crippen LogP contribution in [0.15, 0.2) is 24.3 Å². The molecule has 0 saturated heterocycles. The summed E-state index contributed by atoms with van der Waals surface area (Å²) >= 11 is 0. The van der Waals surface area contributed by atoms with Crippen molar-refractivity contribution in [2.75, 3.05) is 0 Å². The maximum atomic E-state index is 12.0. The highest BCUT2D eigenvalue weighted by Gasteiger charge is 2.27. The van der Waals surface area contributed by atoms with Gasteiger partial charge in [-0.15, -0.1) is 0 Å². The molecule has 1 heterocycles. The normalized spacial score (nSPS) is 11.4. The second-order valence-electron chi connectivity index (χ2n) is 6.13. The highest BCUT2D eigenvalue weighted by Crippen LogP contribution is 2.31. The van der Waals surface area contributed by atoms with Crippen LogP contribution in [-0.4, -0.2) is 24.1 Å². The molecule has 0 saturated carbocycles. The lowest BCUT2D eigenvalue weighted by Crippen LogP contribution is -2.35. The van der Waals surface area contributed by atoms with Gasteiger partial charge in [-0.25, -0.2) is 0 Å². The van der Waals surface area contributed by atoms with E-state index in [1.165, 1.54) is 25.0 Å². The third-order valence-corrected chi connectivity index (χ3v) is 3.52. The predicted molar refractivity (Wildman–Crippen MR) is 106 cm³/mol. The van der Waals surface area contributed by atoms with Crippen molar-refractivity contribution < 1.29 is 19.2 Å². The first kappa shape index (κ1) is 22.0. The first-order chi connectivity index (χ1) is 12.9. The smallest absolute Gasteiger partial charge is 0.258 e. The fourth-order valence-corrected chi connectivity index (χ4v) is 2.60. The summed E-state index contributed by atoms with van der Waals surface area (Å²) < 4.78 is 0. The lowest BCUT2D eigenvalue weighted by atomic mass is 9.89. The maximum absolute atomic E-state index is 12.0. The largest absolute Gasteiger partial charge is 0.295 e. The van der Waals surface area contributed by atoms with Gasteiger partial charge in [0.1, 0.15) is 0 Å². The molecule has 27 heavy (non-hydrogen) atoms. The predicted octanol–water partition coefficient (Wildman–Crippen LogP) is 3.75. The van der Waals surface area contributed by atoms with E-state index in [1.54, 1.807) is 19.1 Å². The van der Waals surface area contributed by atoms with Gasteiger partial charge in [0.2, 0.25) is 6.41 Å². The molecule has 6 heteroatoms. The average Bonchev–Trinajstić information content (AvgIpc) is 2.62. The fourth-order valence-electron chi connectivity index (χ4n) is 2.60. The molecule has 2 aromatic carbocycles. The molecule has 0 spiro atoms. The first-order valence-corrected chi connectivity index (χ1v) is 9.04. The van der Waals surface area contributed by atoms with E-state index in [1.807, 2.05) is 0 Å². The summed E-state index contributed by atoms with van der Waals surface area (Å²) in [5, 5.41) is 5.28. The van der Waals surface area contributed by atoms with E-state index < -0.39 is 17.7 Å². The average molecular weight is 370 g/mol. The molecule has 144 valence electrons. The zero-order valence-electron chi connectivity index (χ0n) is 16.4. The summed E-state index contributed by atoms with van der Waals surface area (Å²) in [4.78, 5) is 46.3. The Labute approximate surface area is 159 Å². The Morgan fingerprint density at radius 2 is 1.41 bits per heavy atom. The molecule has 1 aliphatic rings. The number of imide groups is 2. The monoisotopic (exact) mass is 370 g/mol. The highest BCUT2D eigenvalue weighted by atomic mass is 16.2. The SMILES string of the molecule is CCC.CCC.Cc1ccc2c3c(ccc(C(=O)NC=O)c13)C(=O)NC2=O. The molecule has 0 aromatic heterocycles. The van der Waals surface area contributed by atoms with Gasteiger partial charge in [0, 0.05) is 22.1 Å². The minimum atomic E-state index is -0.574. The molecular weight excluding hydrogens is 344 g/mol. The Hall–Kier alpha value is -3.02. The van der Waals surface area contributed by atoms with Crippen LogP contribution in [0.4, 0.5) is 0 Å². The molecule has 2 aromatic rings. The Kier molecular flexibility index (Phi) is 8.33. The molecule has 0 fully saturated rings. The number of hydrogen-bond donors (Lipinski definition) is 2. The number of amides is 4. The van der Waals surface area contributed by atoms with Gasteiger partial charge in [0.05, 0.1) is 0 Å². The number of nitrogens with one attached hydrogen (secondary N) is 2. The van der Waals surface area contributed by atoms with Crippen molar-refractivity contribution in [1.82, 2.24) is 10.6 Å². The van der Waals surface area contributed by atoms with Crippen molar-refractivity contribution in [3.05, 3.63) is 46.5 Å². The minimum absolute atomic E-state index is 0.253. The van der Waals surface area contributed by atoms with Gasteiger partial charge >= 0.3 is 0 Å². The first-order valence-electron chi connectivity index (χ1n) is 9.04. The zero-order valence-corrected chi connectivity index (χ0v) is 16.4. The van der Waals surface area contributed by atoms with Crippen LogP contribution in [0.5, 0.6) is 0 Å². The van der Waals surface area contributed by atoms with Crippen LogP contribution in [0.3, 0.4) is 0 Å². The van der Waals surface area contributed by atoms with Crippen LogP contribution in [-0.2, 0) is 4.79 Å². The van der Waals surface area contributed by atoms with Crippen LogP contribution >= 0.6 is 0 Å². The van der Waals surface area contributed by atoms with Gasteiger partial charge < -0.3 is 0 Å². The van der Waals surface area contributed by atoms with Crippen molar-refractivity contribution in [2.24, 2.45) is 0 Å². The van der Waals surface area contributed by atoms with Crippen molar-refractivity contribution in [1.29, 1.82) is 0 Å². The van der Waals surface area contributed by atoms with Crippen LogP contribution in [0.1, 0.15) is 77.2 Å². The molecule has 4 amide bonds. The third kappa shape index (κ3) is 4.78. The molecule has 0 atom stereocenters. The molecule has 2 N–H and O–H groups in total. The Bertz CT molecular complexity index is 850. The maximum Gasteiger partial charge on any atom is 0.258 e. The van der Waals surface area contributed by atoms with E-state index in [9.17, 15) is 19.2 Å². The molecule has 0 unspecified atom stereocenters. The number of rotatable bonds is 2. The van der Waals surface area contributed by atoms with Gasteiger partial charge in [-0.2, -0.15) is 0 Å². The third-order valence-electron chi connectivity index (χ3n) is 3.52. The van der Waals surface area contributed by atoms with Crippen molar-refractivity contribution in [2.45, 2.75) is 47.5 Å². The van der Waals surface area contributed by atoms with Gasteiger partial charge in [-0.1, -0.05) is 46.6 Å². The van der Waals surface area contributed by atoms with Crippen molar-refractivity contribution in [3.8, 4) is 0 Å². The number of hydrogen-bond acceptors (Lipinski definition) is 4. The topological polar surface area (TPSA) is 92.3 Å². The van der Waals surface area contributed by atoms with Crippen molar-refractivity contribution >= 4 is 34.9 Å². The molecule has 0 bridgehead atoms. The Morgan fingerprint density at radius 1 is 0.926 bits per heavy atom. The van der Waals surface area contributed by atoms with Crippen LogP contribution in [0.25, 0.3) is 10.8 Å². The highest BCUT2D eigenvalue weighted by molar-refractivity contribution is 6.28. The Balaban J connectivity index is 0.000000540. The molecule has 6 nitrogen and oxygen atoms in total. The van der Waals surface area contributed by atoms with E-state index in [0.29, 0.717) is 28.3 Å². The van der Waals surface area contributed by atoms with Crippen molar-refractivity contribution in [3.63, 3.8) is 0 Å². The van der Waals surface area contributed by atoms with Crippen LogP contribution < -0.4 is 10.6 Å². The molecule has 1 aliphatic heterocycles. The quantitative estimate of drug-likeness (QED) is 0.622. The number of benzene rings is 2. The van der Waals surface area contributed by atoms with Gasteiger partial charge in [0.25, 0.3) is 17.7 Å². The second-order valence-corrected chi connectivity index (χ2v) is 6.13. The minimum Gasteiger partial charge on any atom is -0.295 e. The second kappa shape index (κ2) is 10.2. The van der Waals surface area contributed by atoms with E-state index >= 15 is 0 Å². The van der Waals surface area contributed by atoms with E-state index in [0.717, 1.165) is 5.56 Å². The Morgan fingerprint density at radius 3 is 1.89 bits per heavy atom. The molecule has 3 rings (SSSR count). The van der Waals surface area contributed by atoms with Gasteiger partial charge in [-0.05, 0) is 36.1 Å². The van der Waals surface area contributed by atoms with Gasteiger partial charge in [-0.3, -0.25) is 29.8 Å². The van der Waals surface area contributed by atoms with E-state index in [4.69, 9.17) is 0 Å². The molecule has 0 radical (unpaired) electrons. The molecule has 0 aliphatic carbocycles. The summed E-state index contributed by atoms with van der Waals surface area (Å²) in [7, 11) is 0. The van der Waals surface area contributed by atoms with E-state index in [2.05, 4.69) is 38.3 Å². The summed E-state index contributed by atoms with van der Waals surface area (Å²) in [6.45, 7) is 10.3. The van der Waals surface area contributed by atoms with E-state index in [-0.39, 0.29) is 5.56 Å². The number of carbonyl (C=O) groups is 4. The van der Waals surface area contributed by atoms with Crippen LogP contribution in [0, 0.1) is 6.92 Å². The standard InChI is InChI=1S/C15H10N2O4.2C3H8/c1-7-2-3-9-12-10(15(21)17-14(9)20)5-4-8(11(7)12)13(19)16-6-18;2*1-3-2/h2-6H,1H3,(H,16,18,19)(H,17,20,21);2*3H2,1-2H3. The summed E-state index contributed by atoms with van der Waals surface area (Å²) in [6, 6.07) is 6.27. The summed E-state index contributed by atoms with van der Waals surface area (Å²) in [5.41, 5.74) is 1.67. The molecular formula is C21H26N2O4. The number of aryl methyl sites for hydroxylation is 1. The number of carbonyl (C=O) groups excluding carboxylic acids is 4. The summed E-state index contributed by atoms with van der Waals surface area (Å²) in [6.07, 6.45) is 2.80. The zero-order chi connectivity index (χ0) is 20.6. The summed E-state index contributed by atoms with van der Waals surface area (Å²) in [5.74, 6) is -1.56. The fraction of sp³-hybridized carbons (Fsp3) is 0.333. The lowest BCUT2D eigenvalue weighted by molar-refractivity contribution is -0.108. The lowest BCUT2D eigenvalue weighted by Gasteiger charge is -2.19.